The third-order valence-corrected chi connectivity index (χ3v) is 5.66. The van der Waals surface area contributed by atoms with Crippen LogP contribution in [0, 0.1) is 0 Å². The average molecular weight is 475 g/mol. The monoisotopic (exact) mass is 474 g/mol. The van der Waals surface area contributed by atoms with Gasteiger partial charge >= 0.3 is 0 Å². The van der Waals surface area contributed by atoms with Gasteiger partial charge < -0.3 is 19.9 Å². The van der Waals surface area contributed by atoms with Crippen molar-refractivity contribution in [3.8, 4) is 5.75 Å². The number of anilines is 2. The van der Waals surface area contributed by atoms with Gasteiger partial charge in [-0.3, -0.25) is 14.9 Å². The Kier molecular flexibility index (Phi) is 8.30. The number of hydrogen-bond donors (Lipinski definition) is 2. The maximum Gasteiger partial charge on any atom is 0.261 e. The Labute approximate surface area is 198 Å². The van der Waals surface area contributed by atoms with Gasteiger partial charge in [0.2, 0.25) is 5.91 Å². The van der Waals surface area contributed by atoms with Crippen molar-refractivity contribution < 1.29 is 14.3 Å². The third kappa shape index (κ3) is 6.11. The molecule has 32 heavy (non-hydrogen) atoms. The number of thiocarbonyl (C=S) groups is 1. The van der Waals surface area contributed by atoms with Crippen LogP contribution in [-0.4, -0.2) is 55.1 Å². The topological polar surface area (TPSA) is 73.9 Å². The van der Waals surface area contributed by atoms with Gasteiger partial charge in [0, 0.05) is 49.0 Å². The number of nitrogens with one attached hydrogen (secondary N) is 2. The van der Waals surface area contributed by atoms with Gasteiger partial charge in [0.25, 0.3) is 5.91 Å². The maximum absolute atomic E-state index is 12.5. The lowest BCUT2D eigenvalue weighted by molar-refractivity contribution is -0.131. The van der Waals surface area contributed by atoms with Gasteiger partial charge in [-0.15, -0.1) is 0 Å². The standard InChI is InChI=1S/C23H27ClN4O3S/c1-3-4-21(29)28-13-11-27(12-14-28)18-8-6-17(7-9-18)25-23(32)26-22(30)19-15-16(24)5-10-20(19)31-2/h5-10,15H,3-4,11-14H2,1-2H3,(H2,25,26,30,32). The molecule has 1 fully saturated rings. The number of nitrogens with zero attached hydrogens (tertiary/aromatic N) is 2. The number of piperazine rings is 1. The molecular weight excluding hydrogens is 448 g/mol. The number of carbonyl (C=O) groups is 2. The molecular formula is C23H27ClN4O3S. The number of halogens is 1. The van der Waals surface area contributed by atoms with Crippen LogP contribution < -0.4 is 20.3 Å². The fourth-order valence-corrected chi connectivity index (χ4v) is 3.91. The molecule has 2 N–H and O–H groups in total. The van der Waals surface area contributed by atoms with Crippen molar-refractivity contribution >= 4 is 52.1 Å². The van der Waals surface area contributed by atoms with Crippen LogP contribution in [0.2, 0.25) is 5.02 Å². The molecule has 7 nitrogen and oxygen atoms in total. The van der Waals surface area contributed by atoms with E-state index in [1.807, 2.05) is 36.1 Å². The number of ether oxygens (including phenoxy) is 1. The SMILES string of the molecule is CCCC(=O)N1CCN(c2ccc(NC(=S)NC(=O)c3cc(Cl)ccc3OC)cc2)CC1. The van der Waals surface area contributed by atoms with E-state index in [1.54, 1.807) is 12.1 Å². The van der Waals surface area contributed by atoms with Crippen molar-refractivity contribution in [1.29, 1.82) is 0 Å². The summed E-state index contributed by atoms with van der Waals surface area (Å²) in [5.74, 6) is 0.238. The smallest absolute Gasteiger partial charge is 0.261 e. The molecule has 0 saturated carbocycles. The summed E-state index contributed by atoms with van der Waals surface area (Å²) in [6.45, 7) is 5.11. The van der Waals surface area contributed by atoms with Crippen LogP contribution >= 0.6 is 23.8 Å². The molecule has 0 spiro atoms. The lowest BCUT2D eigenvalue weighted by Crippen LogP contribution is -2.48. The van der Waals surface area contributed by atoms with Crippen LogP contribution in [0.15, 0.2) is 42.5 Å². The van der Waals surface area contributed by atoms with Gasteiger partial charge in [-0.05, 0) is 61.1 Å². The molecule has 3 rings (SSSR count). The molecule has 1 aliphatic rings. The summed E-state index contributed by atoms with van der Waals surface area (Å²) in [6.07, 6.45) is 1.49. The Morgan fingerprint density at radius 1 is 1.09 bits per heavy atom. The van der Waals surface area contributed by atoms with E-state index in [4.69, 9.17) is 28.6 Å². The van der Waals surface area contributed by atoms with Crippen LogP contribution in [0.3, 0.4) is 0 Å². The zero-order valence-electron chi connectivity index (χ0n) is 18.2. The van der Waals surface area contributed by atoms with Crippen LogP contribution in [-0.2, 0) is 4.79 Å². The highest BCUT2D eigenvalue weighted by Gasteiger charge is 2.20. The highest BCUT2D eigenvalue weighted by molar-refractivity contribution is 7.80. The average Bonchev–Trinajstić information content (AvgIpc) is 2.79. The molecule has 170 valence electrons. The Balaban J connectivity index is 1.54. The molecule has 1 saturated heterocycles. The largest absolute Gasteiger partial charge is 0.496 e. The second-order valence-corrected chi connectivity index (χ2v) is 8.26. The molecule has 0 atom stereocenters. The number of benzene rings is 2. The van der Waals surface area contributed by atoms with Crippen LogP contribution in [0.5, 0.6) is 5.75 Å². The molecule has 1 aliphatic heterocycles. The third-order valence-electron chi connectivity index (χ3n) is 5.22. The lowest BCUT2D eigenvalue weighted by Gasteiger charge is -2.36. The van der Waals surface area contributed by atoms with Crippen molar-refractivity contribution in [3.05, 3.63) is 53.1 Å². The first-order valence-electron chi connectivity index (χ1n) is 10.5. The highest BCUT2D eigenvalue weighted by atomic mass is 35.5. The van der Waals surface area contributed by atoms with Crippen LogP contribution in [0.25, 0.3) is 0 Å². The first-order valence-corrected chi connectivity index (χ1v) is 11.3. The molecule has 1 heterocycles. The van der Waals surface area contributed by atoms with Gasteiger partial charge in [0.15, 0.2) is 5.11 Å². The molecule has 2 amide bonds. The first-order chi connectivity index (χ1) is 15.4. The summed E-state index contributed by atoms with van der Waals surface area (Å²) in [5.41, 5.74) is 2.14. The zero-order chi connectivity index (χ0) is 23.1. The molecule has 2 aromatic carbocycles. The molecule has 0 aliphatic carbocycles. The minimum atomic E-state index is -0.408. The van der Waals surface area contributed by atoms with E-state index in [2.05, 4.69) is 15.5 Å². The minimum Gasteiger partial charge on any atom is -0.496 e. The number of hydrogen-bond acceptors (Lipinski definition) is 5. The van der Waals surface area contributed by atoms with Crippen molar-refractivity contribution in [3.63, 3.8) is 0 Å². The predicted molar refractivity (Wildman–Crippen MR) is 132 cm³/mol. The van der Waals surface area contributed by atoms with Gasteiger partial charge in [-0.25, -0.2) is 0 Å². The molecule has 2 aromatic rings. The lowest BCUT2D eigenvalue weighted by atomic mass is 10.2. The van der Waals surface area contributed by atoms with Crippen molar-refractivity contribution in [2.75, 3.05) is 43.5 Å². The van der Waals surface area contributed by atoms with Crippen molar-refractivity contribution in [2.24, 2.45) is 0 Å². The normalized spacial score (nSPS) is 13.5. The second kappa shape index (κ2) is 11.2. The quantitative estimate of drug-likeness (QED) is 0.618. The summed E-state index contributed by atoms with van der Waals surface area (Å²) in [4.78, 5) is 28.8. The maximum atomic E-state index is 12.5. The van der Waals surface area contributed by atoms with Crippen molar-refractivity contribution in [1.82, 2.24) is 10.2 Å². The Bertz CT molecular complexity index is 976. The number of methoxy groups -OCH3 is 1. The van der Waals surface area contributed by atoms with Gasteiger partial charge in [0.05, 0.1) is 12.7 Å². The summed E-state index contributed by atoms with van der Waals surface area (Å²) in [7, 11) is 1.49. The van der Waals surface area contributed by atoms with Gasteiger partial charge in [-0.1, -0.05) is 18.5 Å². The van der Waals surface area contributed by atoms with Gasteiger partial charge in [0.1, 0.15) is 5.75 Å². The molecule has 9 heteroatoms. The molecule has 0 unspecified atom stereocenters. The summed E-state index contributed by atoms with van der Waals surface area (Å²) >= 11 is 11.3. The van der Waals surface area contributed by atoms with Crippen LogP contribution in [0.4, 0.5) is 11.4 Å². The second-order valence-electron chi connectivity index (χ2n) is 7.42. The highest BCUT2D eigenvalue weighted by Crippen LogP contribution is 2.23. The Hall–Kier alpha value is -2.84. The van der Waals surface area contributed by atoms with E-state index in [1.165, 1.54) is 13.2 Å². The Morgan fingerprint density at radius 2 is 1.78 bits per heavy atom. The summed E-state index contributed by atoms with van der Waals surface area (Å²) in [6, 6.07) is 12.6. The number of rotatable bonds is 6. The minimum absolute atomic E-state index is 0.174. The van der Waals surface area contributed by atoms with E-state index >= 15 is 0 Å². The van der Waals surface area contributed by atoms with E-state index in [-0.39, 0.29) is 11.0 Å². The summed E-state index contributed by atoms with van der Waals surface area (Å²) < 4.78 is 5.21. The predicted octanol–water partition coefficient (Wildman–Crippen LogP) is 3.92. The van der Waals surface area contributed by atoms with Crippen molar-refractivity contribution in [2.45, 2.75) is 19.8 Å². The van der Waals surface area contributed by atoms with E-state index < -0.39 is 5.91 Å². The molecule has 0 radical (unpaired) electrons. The molecule has 0 bridgehead atoms. The number of carbonyl (C=O) groups excluding carboxylic acids is 2. The zero-order valence-corrected chi connectivity index (χ0v) is 19.8. The first kappa shape index (κ1) is 23.8. The summed E-state index contributed by atoms with van der Waals surface area (Å²) in [5, 5.41) is 6.27. The fourth-order valence-electron chi connectivity index (χ4n) is 3.53. The van der Waals surface area contributed by atoms with E-state index in [0.717, 1.165) is 44.0 Å². The van der Waals surface area contributed by atoms with E-state index in [0.29, 0.717) is 22.8 Å². The Morgan fingerprint density at radius 3 is 2.41 bits per heavy atom. The fraction of sp³-hybridized carbons (Fsp3) is 0.348. The van der Waals surface area contributed by atoms with E-state index in [9.17, 15) is 9.59 Å². The number of amides is 2. The van der Waals surface area contributed by atoms with Gasteiger partial charge in [-0.2, -0.15) is 0 Å². The molecule has 0 aromatic heterocycles. The van der Waals surface area contributed by atoms with Crippen LogP contribution in [0.1, 0.15) is 30.1 Å².